The smallest absolute Gasteiger partial charge is 0.272 e. The van der Waals surface area contributed by atoms with E-state index in [1.54, 1.807) is 48.1 Å². The molecule has 2 aliphatic heterocycles. The Kier molecular flexibility index (Phi) is 11.7. The van der Waals surface area contributed by atoms with Gasteiger partial charge in [-0.1, -0.05) is 23.7 Å². The molecule has 2 fully saturated rings. The van der Waals surface area contributed by atoms with Crippen LogP contribution in [0.25, 0.3) is 5.00 Å². The van der Waals surface area contributed by atoms with Crippen LogP contribution in [0, 0.1) is 32.1 Å². The van der Waals surface area contributed by atoms with Gasteiger partial charge < -0.3 is 19.4 Å². The third-order valence-electron chi connectivity index (χ3n) is 11.9. The number of oxazole rings is 1. The van der Waals surface area contributed by atoms with E-state index in [0.29, 0.717) is 66.9 Å². The molecule has 0 unspecified atom stereocenters. The van der Waals surface area contributed by atoms with Crippen molar-refractivity contribution < 1.29 is 18.7 Å². The number of hydrogen-bond donors (Lipinski definition) is 1. The first kappa shape index (κ1) is 41.1. The van der Waals surface area contributed by atoms with Crippen molar-refractivity contribution in [2.75, 3.05) is 26.2 Å². The molecule has 2 aromatic carbocycles. The largest absolute Gasteiger partial charge is 0.490 e. The molecule has 62 heavy (non-hydrogen) atoms. The number of nitrogens with one attached hydrogen (secondary N) is 1. The lowest BCUT2D eigenvalue weighted by Crippen LogP contribution is -2.48. The zero-order chi connectivity index (χ0) is 42.9. The zero-order valence-electron chi connectivity index (χ0n) is 34.5. The Morgan fingerprint density at radius 2 is 1.76 bits per heavy atom. The van der Waals surface area contributed by atoms with E-state index >= 15 is 0 Å². The van der Waals surface area contributed by atoms with Gasteiger partial charge in [-0.05, 0) is 88.4 Å². The third kappa shape index (κ3) is 8.48. The summed E-state index contributed by atoms with van der Waals surface area (Å²) in [6.07, 6.45) is 6.75. The number of benzene rings is 2. The minimum absolute atomic E-state index is 0.0109. The summed E-state index contributed by atoms with van der Waals surface area (Å²) in [6.45, 7) is 9.28. The van der Waals surface area contributed by atoms with E-state index in [9.17, 15) is 9.59 Å². The molecule has 1 saturated heterocycles. The first-order valence-electron chi connectivity index (χ1n) is 20.7. The lowest BCUT2D eigenvalue weighted by Gasteiger charge is -2.34. The van der Waals surface area contributed by atoms with Crippen LogP contribution in [0.5, 0.6) is 5.75 Å². The second-order valence-electron chi connectivity index (χ2n) is 15.9. The number of thiophene rings is 1. The molecule has 316 valence electrons. The molecule has 0 bridgehead atoms. The molecule has 6 heterocycles. The standard InChI is InChI=1S/C45H44ClN11O4S/c1-26-27(2)62-45-40(26)41(50-38(23-39-48-16-21-60-39)42-54-51-28(3)57(42)45)29-4-6-30(7-5-29)44(59)56-19-17-55(18-20-56)25-33-11-15-37(53-52-33)43(58)49-32-9-13-34(14-10-32)61-35-12-8-31(24-47)36(46)22-35/h4-8,11-12,15-16,21-22,32,34,38H,9-10,13-14,17-20,23,25H2,1-3H3,(H,49,58)/t32?,34?,38-/m0/s1. The summed E-state index contributed by atoms with van der Waals surface area (Å²) in [5.74, 6) is 2.47. The number of nitriles is 1. The van der Waals surface area contributed by atoms with Crippen molar-refractivity contribution in [3.8, 4) is 16.8 Å². The Hall–Kier alpha value is -6.28. The number of fused-ring (bicyclic) bond motifs is 3. The maximum atomic E-state index is 13.8. The zero-order valence-corrected chi connectivity index (χ0v) is 36.1. The van der Waals surface area contributed by atoms with Gasteiger partial charge in [0.1, 0.15) is 34.9 Å². The number of amides is 2. The predicted octanol–water partition coefficient (Wildman–Crippen LogP) is 6.77. The van der Waals surface area contributed by atoms with E-state index in [2.05, 4.69) is 60.1 Å². The van der Waals surface area contributed by atoms with Crippen molar-refractivity contribution in [3.05, 3.63) is 134 Å². The van der Waals surface area contributed by atoms with Crippen LogP contribution >= 0.6 is 22.9 Å². The van der Waals surface area contributed by atoms with Gasteiger partial charge in [0, 0.05) is 66.4 Å². The fourth-order valence-electron chi connectivity index (χ4n) is 8.34. The minimum atomic E-state index is -0.378. The van der Waals surface area contributed by atoms with Gasteiger partial charge in [-0.2, -0.15) is 10.4 Å². The number of aliphatic imine (C=N–C) groups is 1. The highest BCUT2D eigenvalue weighted by Crippen LogP contribution is 2.39. The number of carbonyl (C=O) groups excluding carboxylic acids is 2. The molecule has 1 atom stereocenters. The summed E-state index contributed by atoms with van der Waals surface area (Å²) in [4.78, 5) is 41.8. The SMILES string of the molecule is Cc1sc2c(c1C)C(c1ccc(C(=O)N3CCN(Cc4ccc(C(=O)NC5CCC(Oc6ccc(C#N)c(Cl)c6)CC5)nn4)CC3)cc1)=N[C@@H](Cc1ncco1)c1nnc(C)n1-2. The Morgan fingerprint density at radius 1 is 0.968 bits per heavy atom. The van der Waals surface area contributed by atoms with Crippen LogP contribution in [0.2, 0.25) is 5.02 Å². The number of piperazine rings is 1. The lowest BCUT2D eigenvalue weighted by molar-refractivity contribution is 0.0626. The van der Waals surface area contributed by atoms with Gasteiger partial charge in [-0.25, -0.2) is 4.98 Å². The van der Waals surface area contributed by atoms with Crippen molar-refractivity contribution in [3.63, 3.8) is 0 Å². The maximum Gasteiger partial charge on any atom is 0.272 e. The van der Waals surface area contributed by atoms with Crippen molar-refractivity contribution >= 4 is 40.5 Å². The Bertz CT molecular complexity index is 2670. The molecule has 4 aromatic heterocycles. The van der Waals surface area contributed by atoms with E-state index in [0.717, 1.165) is 70.4 Å². The van der Waals surface area contributed by atoms with Crippen molar-refractivity contribution in [2.24, 2.45) is 4.99 Å². The minimum Gasteiger partial charge on any atom is -0.490 e. The van der Waals surface area contributed by atoms with Crippen molar-refractivity contribution in [2.45, 2.75) is 77.6 Å². The fourth-order valence-corrected chi connectivity index (χ4v) is 9.76. The molecule has 0 radical (unpaired) electrons. The second-order valence-corrected chi connectivity index (χ2v) is 17.5. The molecule has 0 spiro atoms. The van der Waals surface area contributed by atoms with Gasteiger partial charge in [0.05, 0.1) is 40.7 Å². The number of aromatic nitrogens is 6. The third-order valence-corrected chi connectivity index (χ3v) is 13.4. The van der Waals surface area contributed by atoms with E-state index in [1.165, 1.54) is 4.88 Å². The molecule has 17 heteroatoms. The van der Waals surface area contributed by atoms with Gasteiger partial charge >= 0.3 is 0 Å². The molecule has 2 amide bonds. The molecular weight excluding hydrogens is 826 g/mol. The Labute approximate surface area is 367 Å². The maximum absolute atomic E-state index is 13.8. The van der Waals surface area contributed by atoms with Crippen LogP contribution in [-0.2, 0) is 13.0 Å². The first-order valence-corrected chi connectivity index (χ1v) is 21.9. The van der Waals surface area contributed by atoms with Crippen LogP contribution < -0.4 is 10.1 Å². The summed E-state index contributed by atoms with van der Waals surface area (Å²) < 4.78 is 13.8. The van der Waals surface area contributed by atoms with Crippen molar-refractivity contribution in [1.29, 1.82) is 5.26 Å². The van der Waals surface area contributed by atoms with E-state index in [1.807, 2.05) is 42.2 Å². The molecule has 1 aliphatic carbocycles. The number of aryl methyl sites for hydroxylation is 2. The van der Waals surface area contributed by atoms with Gasteiger partial charge in [0.25, 0.3) is 11.8 Å². The number of carbonyl (C=O) groups is 2. The van der Waals surface area contributed by atoms with Crippen molar-refractivity contribution in [1.82, 2.24) is 45.1 Å². The second kappa shape index (κ2) is 17.6. The highest BCUT2D eigenvalue weighted by Gasteiger charge is 2.33. The average Bonchev–Trinajstić information content (AvgIpc) is 4.00. The molecule has 3 aliphatic rings. The molecule has 15 nitrogen and oxygen atoms in total. The van der Waals surface area contributed by atoms with Gasteiger partial charge in [-0.15, -0.1) is 26.6 Å². The Balaban J connectivity index is 0.780. The first-order chi connectivity index (χ1) is 30.1. The lowest BCUT2D eigenvalue weighted by atomic mass is 9.93. The number of ether oxygens (including phenoxy) is 1. The summed E-state index contributed by atoms with van der Waals surface area (Å²) in [5.41, 5.74) is 6.01. The number of hydrogen-bond acceptors (Lipinski definition) is 13. The monoisotopic (exact) mass is 869 g/mol. The van der Waals surface area contributed by atoms with Crippen LogP contribution in [0.3, 0.4) is 0 Å². The Morgan fingerprint density at radius 3 is 2.45 bits per heavy atom. The van der Waals surface area contributed by atoms with Gasteiger partial charge in [0.2, 0.25) is 0 Å². The normalized spacial score (nSPS) is 18.9. The molecular formula is C45H44ClN11O4S. The van der Waals surface area contributed by atoms with E-state index in [-0.39, 0.29) is 35.7 Å². The number of halogens is 1. The molecule has 1 saturated carbocycles. The van der Waals surface area contributed by atoms with Crippen LogP contribution in [0.15, 0.2) is 76.5 Å². The quantitative estimate of drug-likeness (QED) is 0.154. The number of nitrogens with zero attached hydrogens (tertiary/aromatic N) is 10. The van der Waals surface area contributed by atoms with Crippen LogP contribution in [0.4, 0.5) is 0 Å². The van der Waals surface area contributed by atoms with Gasteiger partial charge in [-0.3, -0.25) is 24.0 Å². The van der Waals surface area contributed by atoms with E-state index < -0.39 is 0 Å². The highest BCUT2D eigenvalue weighted by molar-refractivity contribution is 7.15. The molecule has 9 rings (SSSR count). The summed E-state index contributed by atoms with van der Waals surface area (Å²) in [5, 5.41) is 31.2. The topological polar surface area (TPSA) is 181 Å². The number of rotatable bonds is 10. The van der Waals surface area contributed by atoms with Crippen LogP contribution in [0.1, 0.15) is 103 Å². The molecule has 1 N–H and O–H groups in total. The molecule has 6 aromatic rings. The summed E-state index contributed by atoms with van der Waals surface area (Å²) in [6, 6.07) is 18.1. The van der Waals surface area contributed by atoms with Crippen LogP contribution in [-0.4, -0.2) is 95.6 Å². The predicted molar refractivity (Wildman–Crippen MR) is 232 cm³/mol. The van der Waals surface area contributed by atoms with E-state index in [4.69, 9.17) is 31.0 Å². The fraction of sp³-hybridized carbons (Fsp3) is 0.356. The average molecular weight is 870 g/mol. The highest BCUT2D eigenvalue weighted by atomic mass is 35.5. The van der Waals surface area contributed by atoms with Gasteiger partial charge in [0.15, 0.2) is 17.4 Å². The summed E-state index contributed by atoms with van der Waals surface area (Å²) in [7, 11) is 0. The summed E-state index contributed by atoms with van der Waals surface area (Å²) >= 11 is 7.86.